The van der Waals surface area contributed by atoms with Crippen LogP contribution in [0.15, 0.2) is 18.2 Å². The molecule has 1 aromatic rings. The third-order valence-electron chi connectivity index (χ3n) is 3.69. The lowest BCUT2D eigenvalue weighted by Gasteiger charge is -2.37. The topological polar surface area (TPSA) is 55.6 Å². The largest absolute Gasteiger partial charge is 0.444 e. The van der Waals surface area contributed by atoms with Crippen LogP contribution in [0.4, 0.5) is 4.79 Å². The van der Waals surface area contributed by atoms with E-state index in [1.54, 1.807) is 11.0 Å². The number of amides is 1. The van der Waals surface area contributed by atoms with Crippen molar-refractivity contribution in [3.8, 4) is 0 Å². The number of benzene rings is 1. The summed E-state index contributed by atoms with van der Waals surface area (Å²) in [5.41, 5.74) is 6.73. The summed E-state index contributed by atoms with van der Waals surface area (Å²) in [6, 6.07) is 5.49. The molecule has 22 heavy (non-hydrogen) atoms. The molecule has 4 nitrogen and oxygen atoms in total. The van der Waals surface area contributed by atoms with Gasteiger partial charge in [0.2, 0.25) is 0 Å². The van der Waals surface area contributed by atoms with Gasteiger partial charge in [-0.1, -0.05) is 29.3 Å². The lowest BCUT2D eigenvalue weighted by molar-refractivity contribution is 0.0186. The summed E-state index contributed by atoms with van der Waals surface area (Å²) in [6.07, 6.45) is 0.425. The van der Waals surface area contributed by atoms with E-state index in [0.29, 0.717) is 23.1 Å². The Bertz CT molecular complexity index is 558. The molecule has 1 heterocycles. The van der Waals surface area contributed by atoms with Crippen LogP contribution in [0, 0.1) is 0 Å². The molecule has 122 valence electrons. The van der Waals surface area contributed by atoms with Gasteiger partial charge < -0.3 is 15.4 Å². The van der Waals surface area contributed by atoms with Crippen molar-refractivity contribution in [1.29, 1.82) is 0 Å². The van der Waals surface area contributed by atoms with E-state index in [4.69, 9.17) is 33.7 Å². The molecule has 1 aromatic carbocycles. The number of halogens is 2. The average molecular weight is 345 g/mol. The predicted molar refractivity (Wildman–Crippen MR) is 89.6 cm³/mol. The van der Waals surface area contributed by atoms with Gasteiger partial charge in [0.1, 0.15) is 5.60 Å². The third kappa shape index (κ3) is 4.28. The van der Waals surface area contributed by atoms with E-state index in [1.165, 1.54) is 0 Å². The van der Waals surface area contributed by atoms with Crippen LogP contribution in [0.1, 0.15) is 38.7 Å². The van der Waals surface area contributed by atoms with Crippen molar-refractivity contribution in [3.05, 3.63) is 33.8 Å². The molecule has 0 spiro atoms. The first-order valence-electron chi connectivity index (χ1n) is 7.36. The summed E-state index contributed by atoms with van der Waals surface area (Å²) >= 11 is 12.0. The number of piperidine rings is 1. The smallest absolute Gasteiger partial charge is 0.410 e. The zero-order chi connectivity index (χ0) is 16.5. The highest BCUT2D eigenvalue weighted by atomic mass is 35.5. The molecule has 1 saturated heterocycles. The van der Waals surface area contributed by atoms with Crippen molar-refractivity contribution in [2.75, 3.05) is 13.1 Å². The van der Waals surface area contributed by atoms with Gasteiger partial charge in [0.05, 0.1) is 10.0 Å². The molecule has 1 fully saturated rings. The number of nitrogens with zero attached hydrogens (tertiary/aromatic N) is 1. The van der Waals surface area contributed by atoms with Gasteiger partial charge in [-0.3, -0.25) is 0 Å². The van der Waals surface area contributed by atoms with Gasteiger partial charge in [-0.25, -0.2) is 4.79 Å². The Morgan fingerprint density at radius 3 is 2.59 bits per heavy atom. The first-order valence-corrected chi connectivity index (χ1v) is 8.11. The second kappa shape index (κ2) is 6.65. The Balaban J connectivity index is 2.14. The number of rotatable bonds is 1. The Morgan fingerprint density at radius 1 is 1.32 bits per heavy atom. The Labute approximate surface area is 141 Å². The molecule has 2 unspecified atom stereocenters. The Hall–Kier alpha value is -0.970. The average Bonchev–Trinajstić information content (AvgIpc) is 2.40. The zero-order valence-electron chi connectivity index (χ0n) is 13.1. The van der Waals surface area contributed by atoms with Crippen molar-refractivity contribution in [3.63, 3.8) is 0 Å². The molecule has 2 atom stereocenters. The third-order valence-corrected chi connectivity index (χ3v) is 4.43. The number of likely N-dealkylation sites (tertiary alicyclic amines) is 1. The predicted octanol–water partition coefficient (Wildman–Crippen LogP) is 4.05. The van der Waals surface area contributed by atoms with E-state index in [2.05, 4.69) is 0 Å². The second-order valence-electron chi connectivity index (χ2n) is 6.66. The number of hydrogen-bond donors (Lipinski definition) is 1. The minimum Gasteiger partial charge on any atom is -0.444 e. The maximum atomic E-state index is 12.2. The van der Waals surface area contributed by atoms with E-state index in [0.717, 1.165) is 12.0 Å². The van der Waals surface area contributed by atoms with E-state index < -0.39 is 5.60 Å². The van der Waals surface area contributed by atoms with Crippen LogP contribution in [0.3, 0.4) is 0 Å². The lowest BCUT2D eigenvalue weighted by atomic mass is 9.87. The van der Waals surface area contributed by atoms with Crippen LogP contribution in [0.5, 0.6) is 0 Å². The fourth-order valence-corrected chi connectivity index (χ4v) is 2.86. The maximum absolute atomic E-state index is 12.2. The number of nitrogens with two attached hydrogens (primary N) is 1. The molecule has 0 radical (unpaired) electrons. The lowest BCUT2D eigenvalue weighted by Crippen LogP contribution is -2.49. The molecule has 1 aliphatic heterocycles. The molecule has 1 amide bonds. The number of carbonyl (C=O) groups excluding carboxylic acids is 1. The normalized spacial score (nSPS) is 22.5. The van der Waals surface area contributed by atoms with E-state index in [9.17, 15) is 4.79 Å². The summed E-state index contributed by atoms with van der Waals surface area (Å²) in [5, 5.41) is 1.01. The van der Waals surface area contributed by atoms with Gasteiger partial charge in [0, 0.05) is 25.0 Å². The van der Waals surface area contributed by atoms with Gasteiger partial charge in [-0.15, -0.1) is 0 Å². The fraction of sp³-hybridized carbons (Fsp3) is 0.562. The number of carbonyl (C=O) groups is 1. The van der Waals surface area contributed by atoms with Gasteiger partial charge in [-0.05, 0) is 44.9 Å². The van der Waals surface area contributed by atoms with Crippen molar-refractivity contribution in [1.82, 2.24) is 4.90 Å². The zero-order valence-corrected chi connectivity index (χ0v) is 14.6. The van der Waals surface area contributed by atoms with Crippen molar-refractivity contribution < 1.29 is 9.53 Å². The van der Waals surface area contributed by atoms with E-state index in [1.807, 2.05) is 32.9 Å². The van der Waals surface area contributed by atoms with E-state index >= 15 is 0 Å². The highest BCUT2D eigenvalue weighted by molar-refractivity contribution is 6.42. The van der Waals surface area contributed by atoms with E-state index in [-0.39, 0.29) is 18.1 Å². The number of hydrogen-bond acceptors (Lipinski definition) is 3. The first-order chi connectivity index (χ1) is 10.2. The van der Waals surface area contributed by atoms with Crippen molar-refractivity contribution in [2.45, 2.75) is 44.8 Å². The summed E-state index contributed by atoms with van der Waals surface area (Å²) in [4.78, 5) is 13.9. The maximum Gasteiger partial charge on any atom is 0.410 e. The number of ether oxygens (including phenoxy) is 1. The van der Waals surface area contributed by atoms with Gasteiger partial charge in [0.25, 0.3) is 0 Å². The molecule has 1 aliphatic rings. The standard InChI is InChI=1S/C16H22Cl2N2O2/c1-16(2,3)22-15(21)20-7-6-14(19)11(9-20)10-4-5-12(17)13(18)8-10/h4-5,8,11,14H,6-7,9,19H2,1-3H3. The molecule has 2 N–H and O–H groups in total. The molecule has 0 aliphatic carbocycles. The van der Waals surface area contributed by atoms with Crippen LogP contribution in [-0.2, 0) is 4.74 Å². The highest BCUT2D eigenvalue weighted by Crippen LogP contribution is 2.31. The van der Waals surface area contributed by atoms with Crippen LogP contribution in [0.2, 0.25) is 10.0 Å². The van der Waals surface area contributed by atoms with Gasteiger partial charge >= 0.3 is 6.09 Å². The minimum atomic E-state index is -0.504. The molecule has 2 rings (SSSR count). The van der Waals surface area contributed by atoms with Crippen molar-refractivity contribution in [2.24, 2.45) is 5.73 Å². The second-order valence-corrected chi connectivity index (χ2v) is 7.47. The minimum absolute atomic E-state index is 0.0177. The molecule has 6 heteroatoms. The Morgan fingerprint density at radius 2 is 2.00 bits per heavy atom. The van der Waals surface area contributed by atoms with Crippen LogP contribution in [0.25, 0.3) is 0 Å². The van der Waals surface area contributed by atoms with Crippen LogP contribution in [-0.4, -0.2) is 35.7 Å². The SMILES string of the molecule is CC(C)(C)OC(=O)N1CCC(N)C(c2ccc(Cl)c(Cl)c2)C1. The van der Waals surface area contributed by atoms with Crippen LogP contribution < -0.4 is 5.73 Å². The summed E-state index contributed by atoms with van der Waals surface area (Å²) < 4.78 is 5.44. The van der Waals surface area contributed by atoms with Crippen LogP contribution >= 0.6 is 23.2 Å². The first kappa shape index (κ1) is 17.4. The van der Waals surface area contributed by atoms with Gasteiger partial charge in [-0.2, -0.15) is 0 Å². The molecular weight excluding hydrogens is 323 g/mol. The Kier molecular flexibility index (Phi) is 5.25. The quantitative estimate of drug-likeness (QED) is 0.836. The monoisotopic (exact) mass is 344 g/mol. The molecule has 0 saturated carbocycles. The summed E-state index contributed by atoms with van der Waals surface area (Å²) in [6.45, 7) is 6.70. The summed E-state index contributed by atoms with van der Waals surface area (Å²) in [5.74, 6) is 0.0241. The highest BCUT2D eigenvalue weighted by Gasteiger charge is 2.32. The molecule has 0 bridgehead atoms. The fourth-order valence-electron chi connectivity index (χ4n) is 2.56. The van der Waals surface area contributed by atoms with Gasteiger partial charge in [0.15, 0.2) is 0 Å². The summed E-state index contributed by atoms with van der Waals surface area (Å²) in [7, 11) is 0. The molecular formula is C16H22Cl2N2O2. The van der Waals surface area contributed by atoms with Crippen molar-refractivity contribution >= 4 is 29.3 Å². The molecule has 0 aromatic heterocycles.